The Labute approximate surface area is 206 Å². The second kappa shape index (κ2) is 8.53. The van der Waals surface area contributed by atoms with E-state index in [4.69, 9.17) is 38.0 Å². The van der Waals surface area contributed by atoms with E-state index >= 15 is 0 Å². The fraction of sp³-hybridized carbons (Fsp3) is 0.391. The average molecular weight is 496 g/mol. The van der Waals surface area contributed by atoms with Gasteiger partial charge in [0.1, 0.15) is 17.3 Å². The maximum atomic E-state index is 6.71. The van der Waals surface area contributed by atoms with Crippen LogP contribution in [-0.2, 0) is 6.42 Å². The van der Waals surface area contributed by atoms with Crippen LogP contribution in [0.4, 0.5) is 11.6 Å². The lowest BCUT2D eigenvalue weighted by molar-refractivity contribution is 0.514. The first-order valence-electron chi connectivity index (χ1n) is 11.5. The summed E-state index contributed by atoms with van der Waals surface area (Å²) in [5, 5.41) is 2.23. The molecule has 0 unspecified atom stereocenters. The Bertz CT molecular complexity index is 1380. The van der Waals surface area contributed by atoms with Gasteiger partial charge in [0.2, 0.25) is 0 Å². The molecular formula is C23H26ClN9S. The van der Waals surface area contributed by atoms with Crippen LogP contribution in [0, 0.1) is 0 Å². The molecule has 0 amide bonds. The monoisotopic (exact) mass is 495 g/mol. The van der Waals surface area contributed by atoms with E-state index in [1.54, 1.807) is 0 Å². The summed E-state index contributed by atoms with van der Waals surface area (Å²) in [5.74, 6) is 1.71. The smallest absolute Gasteiger partial charge is 0.196 e. The molecule has 34 heavy (non-hydrogen) atoms. The van der Waals surface area contributed by atoms with E-state index < -0.39 is 0 Å². The summed E-state index contributed by atoms with van der Waals surface area (Å²) in [5.41, 5.74) is 15.5. The number of nitrogens with one attached hydrogen (secondary N) is 1. The van der Waals surface area contributed by atoms with E-state index in [1.807, 2.05) is 24.4 Å². The molecule has 5 heterocycles. The van der Waals surface area contributed by atoms with Crippen molar-refractivity contribution >= 4 is 57.1 Å². The van der Waals surface area contributed by atoms with Crippen LogP contribution in [0.2, 0.25) is 5.02 Å². The van der Waals surface area contributed by atoms with Crippen LogP contribution >= 0.6 is 23.4 Å². The first-order valence-corrected chi connectivity index (χ1v) is 12.7. The van der Waals surface area contributed by atoms with Crippen molar-refractivity contribution in [3.63, 3.8) is 0 Å². The Balaban J connectivity index is 1.34. The summed E-state index contributed by atoms with van der Waals surface area (Å²) in [6.07, 6.45) is 3.55. The van der Waals surface area contributed by atoms with E-state index in [0.717, 1.165) is 83.3 Å². The molecule has 1 aromatic carbocycles. The van der Waals surface area contributed by atoms with Crippen molar-refractivity contribution in [1.82, 2.24) is 24.9 Å². The van der Waals surface area contributed by atoms with Crippen LogP contribution in [0.3, 0.4) is 0 Å². The quantitative estimate of drug-likeness (QED) is 0.358. The molecule has 9 nitrogen and oxygen atoms in total. The summed E-state index contributed by atoms with van der Waals surface area (Å²) >= 11 is 8.21. The number of fused-ring (bicyclic) bond motifs is 2. The van der Waals surface area contributed by atoms with Gasteiger partial charge in [0.05, 0.1) is 27.6 Å². The molecule has 0 bridgehead atoms. The third kappa shape index (κ3) is 3.84. The van der Waals surface area contributed by atoms with Gasteiger partial charge in [0.25, 0.3) is 0 Å². The minimum absolute atomic E-state index is 0.139. The van der Waals surface area contributed by atoms with E-state index in [1.165, 1.54) is 11.8 Å². The second-order valence-electron chi connectivity index (χ2n) is 8.97. The number of rotatable bonds is 5. The van der Waals surface area contributed by atoms with Gasteiger partial charge in [-0.1, -0.05) is 18.5 Å². The topological polar surface area (TPSA) is 126 Å². The maximum absolute atomic E-state index is 6.71. The third-order valence-electron chi connectivity index (χ3n) is 6.44. The number of nitrogens with zero attached hydrogens (tertiary/aromatic N) is 6. The zero-order valence-corrected chi connectivity index (χ0v) is 20.4. The molecule has 3 aromatic heterocycles. The van der Waals surface area contributed by atoms with E-state index in [0.29, 0.717) is 10.2 Å². The molecule has 6 rings (SSSR count). The number of anilines is 2. The predicted octanol–water partition coefficient (Wildman–Crippen LogP) is 2.95. The number of aryl methyl sites for hydroxylation is 1. The first-order chi connectivity index (χ1) is 16.5. The number of H-pyrrole nitrogens is 1. The van der Waals surface area contributed by atoms with Crippen molar-refractivity contribution in [2.75, 3.05) is 36.0 Å². The fourth-order valence-corrected chi connectivity index (χ4v) is 5.71. The van der Waals surface area contributed by atoms with Crippen molar-refractivity contribution in [3.8, 4) is 0 Å². The number of aromatic amines is 1. The van der Waals surface area contributed by atoms with Crippen LogP contribution in [0.5, 0.6) is 0 Å². The number of aromatic nitrogens is 5. The highest BCUT2D eigenvalue weighted by molar-refractivity contribution is 7.99. The number of benzene rings is 1. The molecule has 0 radical (unpaired) electrons. The third-order valence-corrected chi connectivity index (χ3v) is 7.72. The van der Waals surface area contributed by atoms with Gasteiger partial charge >= 0.3 is 0 Å². The van der Waals surface area contributed by atoms with Gasteiger partial charge in [-0.25, -0.2) is 15.0 Å². The summed E-state index contributed by atoms with van der Waals surface area (Å²) in [6, 6.07) is 6.41. The van der Waals surface area contributed by atoms with Crippen molar-refractivity contribution in [2.45, 2.75) is 41.9 Å². The number of hydrogen-bond acceptors (Lipinski definition) is 9. The lowest BCUT2D eigenvalue weighted by atomic mass is 10.1. The van der Waals surface area contributed by atoms with Gasteiger partial charge in [-0.15, -0.1) is 0 Å². The van der Waals surface area contributed by atoms with Gasteiger partial charge in [0.15, 0.2) is 5.16 Å². The highest BCUT2D eigenvalue weighted by Crippen LogP contribution is 2.38. The van der Waals surface area contributed by atoms with Gasteiger partial charge in [0, 0.05) is 48.9 Å². The lowest BCUT2D eigenvalue weighted by Gasteiger charge is -2.37. The molecule has 11 heteroatoms. The zero-order chi connectivity index (χ0) is 23.4. The van der Waals surface area contributed by atoms with Crippen LogP contribution in [0.15, 0.2) is 34.4 Å². The Morgan fingerprint density at radius 2 is 1.91 bits per heavy atom. The van der Waals surface area contributed by atoms with Crippen LogP contribution < -0.4 is 21.3 Å². The molecule has 176 valence electrons. The molecule has 2 fully saturated rings. The van der Waals surface area contributed by atoms with Crippen LogP contribution in [-0.4, -0.2) is 63.2 Å². The fourth-order valence-electron chi connectivity index (χ4n) is 4.57. The zero-order valence-electron chi connectivity index (χ0n) is 18.8. The van der Waals surface area contributed by atoms with E-state index in [9.17, 15) is 0 Å². The van der Waals surface area contributed by atoms with Crippen LogP contribution in [0.25, 0.3) is 22.1 Å². The van der Waals surface area contributed by atoms with Crippen molar-refractivity contribution < 1.29 is 0 Å². The van der Waals surface area contributed by atoms with Crippen molar-refractivity contribution in [3.05, 3.63) is 35.1 Å². The largest absolute Gasteiger partial charge is 0.354 e. The molecule has 0 saturated carbocycles. The molecule has 0 spiro atoms. The lowest BCUT2D eigenvalue weighted by Crippen LogP contribution is -2.56. The summed E-state index contributed by atoms with van der Waals surface area (Å²) in [4.78, 5) is 27.8. The summed E-state index contributed by atoms with van der Waals surface area (Å²) in [7, 11) is 0. The molecular weight excluding hydrogens is 470 g/mol. The minimum Gasteiger partial charge on any atom is -0.354 e. The summed E-state index contributed by atoms with van der Waals surface area (Å²) < 4.78 is 0. The highest BCUT2D eigenvalue weighted by atomic mass is 35.5. The average Bonchev–Trinajstić information content (AvgIpc) is 3.39. The van der Waals surface area contributed by atoms with Gasteiger partial charge < -0.3 is 26.3 Å². The number of nitrogens with two attached hydrogens (primary N) is 2. The Kier molecular flexibility index (Phi) is 5.48. The first kappa shape index (κ1) is 21.8. The van der Waals surface area contributed by atoms with Crippen LogP contribution in [0.1, 0.15) is 19.0 Å². The number of hydrogen-bond donors (Lipinski definition) is 3. The Hall–Kier alpha value is -2.66. The SMILES string of the molecule is CCc1[nH]c2nc(Sc3ccc4nc(N5CC(N)C5)cnc4c3)nc(N3CC[C@@H](N)C3)c2c1Cl. The molecule has 4 aromatic rings. The van der Waals surface area contributed by atoms with Gasteiger partial charge in [-0.05, 0) is 42.8 Å². The Morgan fingerprint density at radius 3 is 2.65 bits per heavy atom. The molecule has 0 aliphatic carbocycles. The predicted molar refractivity (Wildman–Crippen MR) is 137 cm³/mol. The van der Waals surface area contributed by atoms with Gasteiger partial charge in [-0.2, -0.15) is 0 Å². The second-order valence-corrected chi connectivity index (χ2v) is 10.4. The molecule has 1 atom stereocenters. The number of halogens is 1. The standard InChI is InChI=1S/C23H26ClN9S/c1-2-15-20(24)19-21(29-15)30-23(31-22(19)32-6-5-12(25)9-32)34-14-3-4-16-17(7-14)27-8-18(28-16)33-10-13(26)11-33/h3-4,7-8,12-13H,2,5-6,9-11,25-26H2,1H3,(H,29,30,31)/t12-/m1/s1. The normalized spacial score (nSPS) is 18.9. The maximum Gasteiger partial charge on any atom is 0.196 e. The van der Waals surface area contributed by atoms with E-state index in [2.05, 4.69) is 26.7 Å². The molecule has 2 aliphatic rings. The Morgan fingerprint density at radius 1 is 1.09 bits per heavy atom. The van der Waals surface area contributed by atoms with Crippen molar-refractivity contribution in [2.24, 2.45) is 11.5 Å². The van der Waals surface area contributed by atoms with E-state index in [-0.39, 0.29) is 12.1 Å². The highest BCUT2D eigenvalue weighted by Gasteiger charge is 2.27. The van der Waals surface area contributed by atoms with Crippen molar-refractivity contribution in [1.29, 1.82) is 0 Å². The summed E-state index contributed by atoms with van der Waals surface area (Å²) in [6.45, 7) is 5.33. The van der Waals surface area contributed by atoms with Gasteiger partial charge in [-0.3, -0.25) is 4.98 Å². The minimum atomic E-state index is 0.139. The molecule has 2 saturated heterocycles. The molecule has 2 aliphatic heterocycles. The molecule has 5 N–H and O–H groups in total.